The van der Waals surface area contributed by atoms with Crippen LogP contribution in [0.4, 0.5) is 22.0 Å². The highest BCUT2D eigenvalue weighted by Crippen LogP contribution is 2.26. The molecule has 3 heterocycles. The lowest BCUT2D eigenvalue weighted by atomic mass is 10.0. The van der Waals surface area contributed by atoms with Crippen LogP contribution in [0.15, 0.2) is 30.3 Å². The number of nitrogens with zero attached hydrogens (tertiary/aromatic N) is 4. The average molecular weight is 445 g/mol. The maximum absolute atomic E-state index is 13.1. The average Bonchev–Trinajstić information content (AvgIpc) is 2.79. The summed E-state index contributed by atoms with van der Waals surface area (Å²) in [7, 11) is 0. The van der Waals surface area contributed by atoms with Crippen LogP contribution < -0.4 is 20.4 Å². The number of morpholine rings is 1. The standard InChI is InChI=1S/C22H29FN6OS/c1-16-3-2-8-29(15-16)20-13-19(28-9-11-30-12-10-28)25-21(26-20)27-22(31)24-14-17-4-6-18(23)7-5-17/h4-7,13,16H,2-3,8-12,14-15H2,1H3,(H2,24,25,26,27,31). The molecule has 4 rings (SSSR count). The predicted octanol–water partition coefficient (Wildman–Crippen LogP) is 3.18. The van der Waals surface area contributed by atoms with Gasteiger partial charge in [0, 0.05) is 38.8 Å². The second-order valence-corrected chi connectivity index (χ2v) is 8.54. The number of thiocarbonyl (C=S) groups is 1. The van der Waals surface area contributed by atoms with Gasteiger partial charge in [-0.15, -0.1) is 0 Å². The van der Waals surface area contributed by atoms with Crippen LogP contribution in [-0.2, 0) is 11.3 Å². The number of hydrogen-bond donors (Lipinski definition) is 2. The molecule has 2 aliphatic heterocycles. The van der Waals surface area contributed by atoms with Crippen LogP contribution in [0, 0.1) is 11.7 Å². The van der Waals surface area contributed by atoms with E-state index in [0.29, 0.717) is 36.7 Å². The summed E-state index contributed by atoms with van der Waals surface area (Å²) in [6.45, 7) is 7.76. The van der Waals surface area contributed by atoms with E-state index in [1.165, 1.54) is 25.0 Å². The molecule has 1 aromatic carbocycles. The fourth-order valence-electron chi connectivity index (χ4n) is 3.92. The molecule has 0 spiro atoms. The van der Waals surface area contributed by atoms with Crippen LogP contribution >= 0.6 is 12.2 Å². The molecule has 2 N–H and O–H groups in total. The predicted molar refractivity (Wildman–Crippen MR) is 125 cm³/mol. The number of ether oxygens (including phenoxy) is 1. The molecule has 2 fully saturated rings. The first-order chi connectivity index (χ1) is 15.1. The van der Waals surface area contributed by atoms with Crippen molar-refractivity contribution >= 4 is 34.9 Å². The quantitative estimate of drug-likeness (QED) is 0.682. The third kappa shape index (κ3) is 6.01. The summed E-state index contributed by atoms with van der Waals surface area (Å²) in [6, 6.07) is 8.42. The summed E-state index contributed by atoms with van der Waals surface area (Å²) >= 11 is 5.46. The first kappa shape index (κ1) is 21.7. The Kier molecular flexibility index (Phi) is 7.14. The summed E-state index contributed by atoms with van der Waals surface area (Å²) in [5, 5.41) is 6.71. The van der Waals surface area contributed by atoms with Gasteiger partial charge in [0.25, 0.3) is 0 Å². The van der Waals surface area contributed by atoms with Crippen molar-refractivity contribution in [1.82, 2.24) is 15.3 Å². The fraction of sp³-hybridized carbons (Fsp3) is 0.500. The van der Waals surface area contributed by atoms with Crippen molar-refractivity contribution < 1.29 is 9.13 Å². The van der Waals surface area contributed by atoms with Gasteiger partial charge in [-0.05, 0) is 48.7 Å². The van der Waals surface area contributed by atoms with E-state index in [1.54, 1.807) is 12.1 Å². The highest BCUT2D eigenvalue weighted by atomic mass is 32.1. The summed E-state index contributed by atoms with van der Waals surface area (Å²) in [6.07, 6.45) is 2.42. The van der Waals surface area contributed by atoms with E-state index in [4.69, 9.17) is 26.9 Å². The Bertz CT molecular complexity index is 890. The molecular weight excluding hydrogens is 415 g/mol. The normalized spacial score (nSPS) is 19.2. The van der Waals surface area contributed by atoms with Crippen LogP contribution in [-0.4, -0.2) is 54.5 Å². The lowest BCUT2D eigenvalue weighted by Crippen LogP contribution is -2.38. The molecule has 31 heavy (non-hydrogen) atoms. The van der Waals surface area contributed by atoms with Crippen LogP contribution in [0.25, 0.3) is 0 Å². The number of nitrogens with one attached hydrogen (secondary N) is 2. The lowest BCUT2D eigenvalue weighted by molar-refractivity contribution is 0.122. The van der Waals surface area contributed by atoms with Gasteiger partial charge in [0.2, 0.25) is 5.95 Å². The third-order valence-corrected chi connectivity index (χ3v) is 5.85. The molecule has 1 aromatic heterocycles. The zero-order valence-electron chi connectivity index (χ0n) is 17.8. The first-order valence-corrected chi connectivity index (χ1v) is 11.2. The minimum absolute atomic E-state index is 0.252. The zero-order valence-corrected chi connectivity index (χ0v) is 18.6. The summed E-state index contributed by atoms with van der Waals surface area (Å²) in [4.78, 5) is 14.0. The van der Waals surface area contributed by atoms with E-state index in [-0.39, 0.29) is 5.82 Å². The number of halogens is 1. The molecule has 0 radical (unpaired) electrons. The molecule has 1 unspecified atom stereocenters. The Labute approximate surface area is 188 Å². The zero-order chi connectivity index (χ0) is 21.6. The Morgan fingerprint density at radius 2 is 1.84 bits per heavy atom. The van der Waals surface area contributed by atoms with Gasteiger partial charge >= 0.3 is 0 Å². The number of piperidine rings is 1. The lowest BCUT2D eigenvalue weighted by Gasteiger charge is -2.33. The highest BCUT2D eigenvalue weighted by molar-refractivity contribution is 7.80. The van der Waals surface area contributed by atoms with E-state index in [2.05, 4.69) is 33.4 Å². The minimum atomic E-state index is -0.252. The molecule has 2 saturated heterocycles. The fourth-order valence-corrected chi connectivity index (χ4v) is 4.09. The molecule has 0 aliphatic carbocycles. The van der Waals surface area contributed by atoms with E-state index in [0.717, 1.165) is 43.4 Å². The largest absolute Gasteiger partial charge is 0.378 e. The summed E-state index contributed by atoms with van der Waals surface area (Å²) in [5.41, 5.74) is 0.941. The second kappa shape index (κ2) is 10.2. The van der Waals surface area contributed by atoms with Crippen molar-refractivity contribution in [3.8, 4) is 0 Å². The molecule has 1 atom stereocenters. The van der Waals surface area contributed by atoms with Gasteiger partial charge < -0.3 is 25.2 Å². The smallest absolute Gasteiger partial charge is 0.232 e. The summed E-state index contributed by atoms with van der Waals surface area (Å²) in [5.74, 6) is 2.68. The van der Waals surface area contributed by atoms with Gasteiger partial charge in [-0.3, -0.25) is 0 Å². The van der Waals surface area contributed by atoms with Gasteiger partial charge in [-0.2, -0.15) is 9.97 Å². The number of aromatic nitrogens is 2. The van der Waals surface area contributed by atoms with E-state index in [9.17, 15) is 4.39 Å². The van der Waals surface area contributed by atoms with Crippen molar-refractivity contribution in [2.24, 2.45) is 5.92 Å². The number of benzene rings is 1. The van der Waals surface area contributed by atoms with Crippen molar-refractivity contribution in [3.05, 3.63) is 41.7 Å². The maximum Gasteiger partial charge on any atom is 0.232 e. The van der Waals surface area contributed by atoms with Crippen LogP contribution in [0.3, 0.4) is 0 Å². The Hall–Kier alpha value is -2.52. The van der Waals surface area contributed by atoms with Gasteiger partial charge in [-0.25, -0.2) is 4.39 Å². The third-order valence-electron chi connectivity index (χ3n) is 5.61. The molecule has 0 bridgehead atoms. The van der Waals surface area contributed by atoms with E-state index < -0.39 is 0 Å². The number of rotatable bonds is 5. The maximum atomic E-state index is 13.1. The van der Waals surface area contributed by atoms with Gasteiger partial charge in [0.1, 0.15) is 17.5 Å². The number of hydrogen-bond acceptors (Lipinski definition) is 6. The van der Waals surface area contributed by atoms with Crippen molar-refractivity contribution in [2.75, 3.05) is 54.5 Å². The van der Waals surface area contributed by atoms with Crippen molar-refractivity contribution in [1.29, 1.82) is 0 Å². The molecule has 7 nitrogen and oxygen atoms in total. The SMILES string of the molecule is CC1CCCN(c2cc(N3CCOCC3)nc(NC(=S)NCc3ccc(F)cc3)n2)C1. The first-order valence-electron chi connectivity index (χ1n) is 10.8. The topological polar surface area (TPSA) is 65.6 Å². The van der Waals surface area contributed by atoms with Crippen LogP contribution in [0.5, 0.6) is 0 Å². The van der Waals surface area contributed by atoms with E-state index >= 15 is 0 Å². The molecule has 0 amide bonds. The minimum Gasteiger partial charge on any atom is -0.378 e. The van der Waals surface area contributed by atoms with E-state index in [1.807, 2.05) is 0 Å². The Morgan fingerprint density at radius 3 is 2.55 bits per heavy atom. The molecule has 166 valence electrons. The Morgan fingerprint density at radius 1 is 1.13 bits per heavy atom. The summed E-state index contributed by atoms with van der Waals surface area (Å²) < 4.78 is 18.6. The molecule has 2 aliphatic rings. The van der Waals surface area contributed by atoms with Crippen LogP contribution in [0.1, 0.15) is 25.3 Å². The van der Waals surface area contributed by atoms with Crippen molar-refractivity contribution in [3.63, 3.8) is 0 Å². The molecular formula is C22H29FN6OS. The van der Waals surface area contributed by atoms with Gasteiger partial charge in [0.05, 0.1) is 13.2 Å². The van der Waals surface area contributed by atoms with Gasteiger partial charge in [0.15, 0.2) is 5.11 Å². The van der Waals surface area contributed by atoms with Crippen LogP contribution in [0.2, 0.25) is 0 Å². The highest BCUT2D eigenvalue weighted by Gasteiger charge is 2.21. The molecule has 2 aromatic rings. The monoisotopic (exact) mass is 444 g/mol. The number of anilines is 3. The Balaban J connectivity index is 1.48. The second-order valence-electron chi connectivity index (χ2n) is 8.13. The molecule has 9 heteroatoms. The van der Waals surface area contributed by atoms with Crippen molar-refractivity contribution in [2.45, 2.75) is 26.3 Å². The van der Waals surface area contributed by atoms with Gasteiger partial charge in [-0.1, -0.05) is 19.1 Å². The molecule has 0 saturated carbocycles.